The molecule has 0 unspecified atom stereocenters. The molecule has 30 heavy (non-hydrogen) atoms. The summed E-state index contributed by atoms with van der Waals surface area (Å²) >= 11 is 1.25. The maximum atomic E-state index is 12.3. The van der Waals surface area contributed by atoms with Gasteiger partial charge in [0.05, 0.1) is 24.0 Å². The molecule has 0 radical (unpaired) electrons. The Balaban J connectivity index is 1.53. The minimum atomic E-state index is -0.628. The highest BCUT2D eigenvalue weighted by Crippen LogP contribution is 2.32. The van der Waals surface area contributed by atoms with E-state index in [-0.39, 0.29) is 17.4 Å². The lowest BCUT2D eigenvalue weighted by Crippen LogP contribution is -2.19. The van der Waals surface area contributed by atoms with Gasteiger partial charge < -0.3 is 19.2 Å². The molecule has 0 aliphatic carbocycles. The Kier molecular flexibility index (Phi) is 5.67. The first-order valence-electron chi connectivity index (χ1n) is 8.91. The number of carbonyl (C=O) groups excluding carboxylic acids is 2. The maximum Gasteiger partial charge on any atom is 0.379 e. The first-order valence-corrected chi connectivity index (χ1v) is 9.72. The van der Waals surface area contributed by atoms with E-state index in [0.29, 0.717) is 21.4 Å². The van der Waals surface area contributed by atoms with Gasteiger partial charge in [0.15, 0.2) is 16.7 Å². The molecule has 8 heteroatoms. The van der Waals surface area contributed by atoms with Crippen molar-refractivity contribution >= 4 is 40.6 Å². The Bertz CT molecular complexity index is 1140. The van der Waals surface area contributed by atoms with E-state index in [9.17, 15) is 9.59 Å². The SMILES string of the molecule is COc1cc(C=C2SC(=Nc3ccccc3)NC2=O)ccc1OC(=O)c1ccco1. The Morgan fingerprint density at radius 2 is 1.93 bits per heavy atom. The molecule has 150 valence electrons. The van der Waals surface area contributed by atoms with Gasteiger partial charge in [-0.1, -0.05) is 24.3 Å². The number of methoxy groups -OCH3 is 1. The van der Waals surface area contributed by atoms with E-state index in [1.54, 1.807) is 30.3 Å². The van der Waals surface area contributed by atoms with Crippen molar-refractivity contribution in [1.82, 2.24) is 5.32 Å². The molecule has 1 fully saturated rings. The minimum absolute atomic E-state index is 0.0903. The number of hydrogen-bond acceptors (Lipinski definition) is 7. The number of carbonyl (C=O) groups is 2. The molecule has 1 N–H and O–H groups in total. The molecule has 1 aliphatic heterocycles. The van der Waals surface area contributed by atoms with Gasteiger partial charge in [0.2, 0.25) is 5.76 Å². The van der Waals surface area contributed by atoms with Crippen LogP contribution in [0, 0.1) is 0 Å². The van der Waals surface area contributed by atoms with Gasteiger partial charge >= 0.3 is 5.97 Å². The first-order chi connectivity index (χ1) is 14.6. The van der Waals surface area contributed by atoms with E-state index in [2.05, 4.69) is 10.3 Å². The molecular weight excluding hydrogens is 404 g/mol. The van der Waals surface area contributed by atoms with Gasteiger partial charge in [0, 0.05) is 0 Å². The van der Waals surface area contributed by atoms with Crippen molar-refractivity contribution in [3.05, 3.63) is 83.2 Å². The highest BCUT2D eigenvalue weighted by Gasteiger charge is 2.24. The third-order valence-corrected chi connectivity index (χ3v) is 4.96. The molecule has 1 aliphatic rings. The summed E-state index contributed by atoms with van der Waals surface area (Å²) < 4.78 is 15.7. The zero-order valence-corrected chi connectivity index (χ0v) is 16.6. The molecule has 3 aromatic rings. The van der Waals surface area contributed by atoms with E-state index < -0.39 is 5.97 Å². The Hall–Kier alpha value is -3.78. The van der Waals surface area contributed by atoms with Crippen LogP contribution in [0.3, 0.4) is 0 Å². The molecule has 0 saturated carbocycles. The number of thioether (sulfide) groups is 1. The van der Waals surface area contributed by atoms with Gasteiger partial charge in [-0.2, -0.15) is 0 Å². The lowest BCUT2D eigenvalue weighted by atomic mass is 10.2. The number of amides is 1. The predicted octanol–water partition coefficient (Wildman–Crippen LogP) is 4.40. The zero-order valence-electron chi connectivity index (χ0n) is 15.8. The van der Waals surface area contributed by atoms with Gasteiger partial charge in [0.1, 0.15) is 0 Å². The number of rotatable bonds is 5. The number of esters is 1. The van der Waals surface area contributed by atoms with Crippen LogP contribution in [-0.2, 0) is 4.79 Å². The fourth-order valence-electron chi connectivity index (χ4n) is 2.65. The third-order valence-electron chi connectivity index (χ3n) is 4.05. The molecule has 0 atom stereocenters. The Morgan fingerprint density at radius 3 is 2.67 bits per heavy atom. The number of benzene rings is 2. The summed E-state index contributed by atoms with van der Waals surface area (Å²) in [5.74, 6) is -0.173. The molecule has 1 saturated heterocycles. The smallest absolute Gasteiger partial charge is 0.379 e. The zero-order chi connectivity index (χ0) is 20.9. The largest absolute Gasteiger partial charge is 0.493 e. The molecule has 2 aromatic carbocycles. The van der Waals surface area contributed by atoms with Crippen LogP contribution in [0.5, 0.6) is 11.5 Å². The van der Waals surface area contributed by atoms with Crippen LogP contribution in [0.15, 0.2) is 81.2 Å². The van der Waals surface area contributed by atoms with Crippen molar-refractivity contribution < 1.29 is 23.5 Å². The monoisotopic (exact) mass is 420 g/mol. The summed E-state index contributed by atoms with van der Waals surface area (Å²) in [6, 6.07) is 17.5. The van der Waals surface area contributed by atoms with Gasteiger partial charge in [-0.15, -0.1) is 0 Å². The number of hydrogen-bond donors (Lipinski definition) is 1. The van der Waals surface area contributed by atoms with Crippen LogP contribution in [-0.4, -0.2) is 24.2 Å². The number of para-hydroxylation sites is 1. The van der Waals surface area contributed by atoms with E-state index in [1.807, 2.05) is 30.3 Å². The fraction of sp³-hybridized carbons (Fsp3) is 0.0455. The number of nitrogens with zero attached hydrogens (tertiary/aromatic N) is 1. The summed E-state index contributed by atoms with van der Waals surface area (Å²) in [5, 5.41) is 3.26. The Labute approximate surface area is 176 Å². The third kappa shape index (κ3) is 4.44. The molecule has 1 aromatic heterocycles. The first kappa shape index (κ1) is 19.5. The molecule has 2 heterocycles. The molecule has 7 nitrogen and oxygen atoms in total. The molecule has 0 spiro atoms. The number of furan rings is 1. The summed E-state index contributed by atoms with van der Waals surface area (Å²) in [7, 11) is 1.47. The quantitative estimate of drug-likeness (QED) is 0.374. The second-order valence-electron chi connectivity index (χ2n) is 6.09. The van der Waals surface area contributed by atoms with Crippen LogP contribution in [0.4, 0.5) is 5.69 Å². The Morgan fingerprint density at radius 1 is 1.10 bits per heavy atom. The van der Waals surface area contributed by atoms with E-state index >= 15 is 0 Å². The van der Waals surface area contributed by atoms with E-state index in [1.165, 1.54) is 31.2 Å². The van der Waals surface area contributed by atoms with Crippen LogP contribution in [0.2, 0.25) is 0 Å². The minimum Gasteiger partial charge on any atom is -0.493 e. The second-order valence-corrected chi connectivity index (χ2v) is 7.13. The maximum absolute atomic E-state index is 12.3. The van der Waals surface area contributed by atoms with Crippen LogP contribution >= 0.6 is 11.8 Å². The van der Waals surface area contributed by atoms with E-state index in [0.717, 1.165) is 5.69 Å². The van der Waals surface area contributed by atoms with Crippen LogP contribution < -0.4 is 14.8 Å². The number of nitrogens with one attached hydrogen (secondary N) is 1. The van der Waals surface area contributed by atoms with Crippen molar-refractivity contribution in [2.75, 3.05) is 7.11 Å². The summed E-state index contributed by atoms with van der Waals surface area (Å²) in [6.07, 6.45) is 3.11. The van der Waals surface area contributed by atoms with Crippen molar-refractivity contribution in [1.29, 1.82) is 0 Å². The van der Waals surface area contributed by atoms with Gasteiger partial charge in [-0.05, 0) is 59.8 Å². The fourth-order valence-corrected chi connectivity index (χ4v) is 3.50. The second kappa shape index (κ2) is 8.71. The topological polar surface area (TPSA) is 90.1 Å². The van der Waals surface area contributed by atoms with Gasteiger partial charge in [-0.3, -0.25) is 4.79 Å². The van der Waals surface area contributed by atoms with E-state index in [4.69, 9.17) is 13.9 Å². The molecular formula is C22H16N2O5S. The predicted molar refractivity (Wildman–Crippen MR) is 114 cm³/mol. The molecule has 4 rings (SSSR count). The number of ether oxygens (including phenoxy) is 2. The number of amidine groups is 1. The summed E-state index contributed by atoms with van der Waals surface area (Å²) in [6.45, 7) is 0. The lowest BCUT2D eigenvalue weighted by molar-refractivity contribution is -0.115. The average molecular weight is 420 g/mol. The number of aliphatic imine (C=N–C) groups is 1. The molecule has 0 bridgehead atoms. The summed E-state index contributed by atoms with van der Waals surface area (Å²) in [4.78, 5) is 29.3. The van der Waals surface area contributed by atoms with Crippen LogP contribution in [0.1, 0.15) is 16.1 Å². The highest BCUT2D eigenvalue weighted by molar-refractivity contribution is 8.18. The van der Waals surface area contributed by atoms with Crippen molar-refractivity contribution in [3.8, 4) is 11.5 Å². The van der Waals surface area contributed by atoms with Gasteiger partial charge in [0.25, 0.3) is 5.91 Å². The van der Waals surface area contributed by atoms with Crippen LogP contribution in [0.25, 0.3) is 6.08 Å². The standard InChI is InChI=1S/C22H16N2O5S/c1-27-18-12-14(9-10-16(18)29-21(26)17-8-5-11-28-17)13-19-20(25)24-22(30-19)23-15-6-3-2-4-7-15/h2-13H,1H3,(H,23,24,25). The normalized spacial score (nSPS) is 16.0. The van der Waals surface area contributed by atoms with Crippen molar-refractivity contribution in [2.24, 2.45) is 4.99 Å². The average Bonchev–Trinajstić information content (AvgIpc) is 3.40. The lowest BCUT2D eigenvalue weighted by Gasteiger charge is -2.09. The highest BCUT2D eigenvalue weighted by atomic mass is 32.2. The molecule has 1 amide bonds. The summed E-state index contributed by atoms with van der Waals surface area (Å²) in [5.41, 5.74) is 1.47. The van der Waals surface area contributed by atoms with Crippen molar-refractivity contribution in [2.45, 2.75) is 0 Å². The van der Waals surface area contributed by atoms with Crippen molar-refractivity contribution in [3.63, 3.8) is 0 Å². The van der Waals surface area contributed by atoms with Gasteiger partial charge in [-0.25, -0.2) is 9.79 Å².